The Morgan fingerprint density at radius 3 is 2.18 bits per heavy atom. The molecule has 1 aromatic carbocycles. The van der Waals surface area contributed by atoms with Gasteiger partial charge in [-0.2, -0.15) is 12.7 Å². The third kappa shape index (κ3) is 4.92. The van der Waals surface area contributed by atoms with Gasteiger partial charge in [0.15, 0.2) is 0 Å². The van der Waals surface area contributed by atoms with E-state index in [0.717, 1.165) is 5.56 Å². The Balaban J connectivity index is 0.00000242. The largest absolute Gasteiger partial charge is 0.339 e. The zero-order chi connectivity index (χ0) is 15.5. The van der Waals surface area contributed by atoms with Gasteiger partial charge in [0.1, 0.15) is 0 Å². The van der Waals surface area contributed by atoms with Crippen molar-refractivity contribution in [1.82, 2.24) is 9.21 Å². The Labute approximate surface area is 136 Å². The Morgan fingerprint density at radius 1 is 1.14 bits per heavy atom. The number of rotatable bonds is 4. The van der Waals surface area contributed by atoms with E-state index in [2.05, 4.69) is 0 Å². The number of nitrogens with two attached hydrogens (primary N) is 2. The highest BCUT2D eigenvalue weighted by molar-refractivity contribution is 7.86. The van der Waals surface area contributed by atoms with E-state index in [-0.39, 0.29) is 31.4 Å². The van der Waals surface area contributed by atoms with Gasteiger partial charge in [-0.05, 0) is 12.0 Å². The van der Waals surface area contributed by atoms with Gasteiger partial charge in [0.2, 0.25) is 5.91 Å². The van der Waals surface area contributed by atoms with E-state index >= 15 is 0 Å². The smallest absolute Gasteiger partial charge is 0.277 e. The molecule has 1 fully saturated rings. The van der Waals surface area contributed by atoms with Crippen LogP contribution in [0.25, 0.3) is 0 Å². The van der Waals surface area contributed by atoms with Crippen LogP contribution in [0.4, 0.5) is 0 Å². The van der Waals surface area contributed by atoms with E-state index in [1.165, 1.54) is 4.31 Å². The van der Waals surface area contributed by atoms with Gasteiger partial charge in [-0.1, -0.05) is 30.3 Å². The lowest BCUT2D eigenvalue weighted by atomic mass is 10.1. The van der Waals surface area contributed by atoms with Crippen LogP contribution in [0, 0.1) is 0 Å². The van der Waals surface area contributed by atoms with E-state index in [0.29, 0.717) is 19.5 Å². The highest BCUT2D eigenvalue weighted by atomic mass is 35.5. The number of amides is 1. The number of carbonyl (C=O) groups is 1. The molecule has 1 saturated heterocycles. The van der Waals surface area contributed by atoms with Crippen LogP contribution in [0.3, 0.4) is 0 Å². The molecular formula is C13H21ClN4O3S. The summed E-state index contributed by atoms with van der Waals surface area (Å²) < 4.78 is 23.6. The van der Waals surface area contributed by atoms with E-state index in [1.807, 2.05) is 30.3 Å². The summed E-state index contributed by atoms with van der Waals surface area (Å²) >= 11 is 0. The maximum absolute atomic E-state index is 12.3. The van der Waals surface area contributed by atoms with E-state index in [1.54, 1.807) is 4.90 Å². The number of hydrogen-bond donors (Lipinski definition) is 2. The zero-order valence-corrected chi connectivity index (χ0v) is 13.7. The Bertz CT molecular complexity index is 589. The molecule has 0 aromatic heterocycles. The van der Waals surface area contributed by atoms with Crippen molar-refractivity contribution in [3.8, 4) is 0 Å². The molecule has 1 heterocycles. The zero-order valence-electron chi connectivity index (χ0n) is 12.1. The van der Waals surface area contributed by atoms with E-state index in [4.69, 9.17) is 10.9 Å². The van der Waals surface area contributed by atoms with Crippen LogP contribution in [-0.2, 0) is 21.4 Å². The summed E-state index contributed by atoms with van der Waals surface area (Å²) in [5, 5.41) is 5.06. The van der Waals surface area contributed by atoms with Gasteiger partial charge in [-0.3, -0.25) is 4.79 Å². The number of hydrogen-bond acceptors (Lipinski definition) is 4. The van der Waals surface area contributed by atoms with Crippen LogP contribution in [0.1, 0.15) is 5.56 Å². The van der Waals surface area contributed by atoms with Gasteiger partial charge < -0.3 is 10.6 Å². The summed E-state index contributed by atoms with van der Waals surface area (Å²) in [6.07, 6.45) is 0.467. The van der Waals surface area contributed by atoms with Crippen molar-refractivity contribution in [2.24, 2.45) is 10.9 Å². The van der Waals surface area contributed by atoms with Crippen molar-refractivity contribution in [1.29, 1.82) is 0 Å². The van der Waals surface area contributed by atoms with Crippen molar-refractivity contribution in [3.63, 3.8) is 0 Å². The summed E-state index contributed by atoms with van der Waals surface area (Å²) in [5.41, 5.74) is 6.95. The molecule has 1 atom stereocenters. The van der Waals surface area contributed by atoms with Crippen molar-refractivity contribution in [3.05, 3.63) is 35.9 Å². The number of benzene rings is 1. The van der Waals surface area contributed by atoms with Crippen LogP contribution in [0.2, 0.25) is 0 Å². The molecule has 7 nitrogen and oxygen atoms in total. The van der Waals surface area contributed by atoms with Crippen molar-refractivity contribution in [2.75, 3.05) is 26.2 Å². The number of carbonyl (C=O) groups excluding carboxylic acids is 1. The van der Waals surface area contributed by atoms with Gasteiger partial charge in [0.05, 0.1) is 6.04 Å². The number of halogens is 1. The van der Waals surface area contributed by atoms with Crippen molar-refractivity contribution < 1.29 is 13.2 Å². The molecule has 0 radical (unpaired) electrons. The molecular weight excluding hydrogens is 328 g/mol. The molecule has 0 bridgehead atoms. The lowest BCUT2D eigenvalue weighted by molar-refractivity contribution is -0.133. The molecule has 124 valence electrons. The third-order valence-electron chi connectivity index (χ3n) is 3.53. The van der Waals surface area contributed by atoms with E-state index in [9.17, 15) is 13.2 Å². The predicted molar refractivity (Wildman–Crippen MR) is 86.6 cm³/mol. The lowest BCUT2D eigenvalue weighted by Crippen LogP contribution is -2.55. The Kier molecular flexibility index (Phi) is 6.76. The minimum absolute atomic E-state index is 0. The Hall–Kier alpha value is -1.19. The van der Waals surface area contributed by atoms with Gasteiger partial charge in [-0.25, -0.2) is 5.14 Å². The average molecular weight is 349 g/mol. The molecule has 4 N–H and O–H groups in total. The summed E-state index contributed by atoms with van der Waals surface area (Å²) in [4.78, 5) is 13.9. The first-order valence-corrected chi connectivity index (χ1v) is 8.24. The third-order valence-corrected chi connectivity index (χ3v) is 4.61. The summed E-state index contributed by atoms with van der Waals surface area (Å²) in [5.74, 6) is -0.159. The molecule has 1 amide bonds. The highest BCUT2D eigenvalue weighted by Gasteiger charge is 2.28. The first-order chi connectivity index (χ1) is 9.88. The van der Waals surface area contributed by atoms with Gasteiger partial charge in [0, 0.05) is 26.2 Å². The second-order valence-corrected chi connectivity index (χ2v) is 6.61. The summed E-state index contributed by atoms with van der Waals surface area (Å²) in [6, 6.07) is 8.93. The maximum Gasteiger partial charge on any atom is 0.277 e. The SMILES string of the molecule is Cl.N[C@@H](Cc1ccccc1)C(=O)N1CCN(S(N)(=O)=O)CC1. The second-order valence-electron chi connectivity index (χ2n) is 5.07. The number of nitrogens with zero attached hydrogens (tertiary/aromatic N) is 2. The Morgan fingerprint density at radius 2 is 1.68 bits per heavy atom. The highest BCUT2D eigenvalue weighted by Crippen LogP contribution is 2.08. The molecule has 0 spiro atoms. The monoisotopic (exact) mass is 348 g/mol. The molecule has 1 aliphatic heterocycles. The van der Waals surface area contributed by atoms with Crippen molar-refractivity contribution in [2.45, 2.75) is 12.5 Å². The van der Waals surface area contributed by atoms with Crippen molar-refractivity contribution >= 4 is 28.5 Å². The van der Waals surface area contributed by atoms with Crippen LogP contribution in [-0.4, -0.2) is 55.8 Å². The van der Waals surface area contributed by atoms with E-state index < -0.39 is 16.3 Å². The van der Waals surface area contributed by atoms with Crippen LogP contribution >= 0.6 is 12.4 Å². The fraction of sp³-hybridized carbons (Fsp3) is 0.462. The van der Waals surface area contributed by atoms with Crippen LogP contribution in [0.15, 0.2) is 30.3 Å². The topological polar surface area (TPSA) is 110 Å². The first-order valence-electron chi connectivity index (χ1n) is 6.74. The van der Waals surface area contributed by atoms with Gasteiger partial charge >= 0.3 is 0 Å². The quantitative estimate of drug-likeness (QED) is 0.751. The standard InChI is InChI=1S/C13H20N4O3S.ClH/c14-12(10-11-4-2-1-3-5-11)13(18)16-6-8-17(9-7-16)21(15,19)20;/h1-5,12H,6-10,14H2,(H2,15,19,20);1H/t12-;/m0./s1. The normalized spacial score (nSPS) is 17.6. The van der Waals surface area contributed by atoms with Crippen LogP contribution in [0.5, 0.6) is 0 Å². The molecule has 0 saturated carbocycles. The summed E-state index contributed by atoms with van der Waals surface area (Å²) in [7, 11) is -3.68. The molecule has 2 rings (SSSR count). The minimum Gasteiger partial charge on any atom is -0.339 e. The molecule has 0 unspecified atom stereocenters. The fourth-order valence-corrected chi connectivity index (χ4v) is 3.03. The lowest BCUT2D eigenvalue weighted by Gasteiger charge is -2.34. The molecule has 0 aliphatic carbocycles. The first kappa shape index (κ1) is 18.9. The molecule has 1 aliphatic rings. The maximum atomic E-state index is 12.3. The van der Waals surface area contributed by atoms with Gasteiger partial charge in [0.25, 0.3) is 10.2 Å². The molecule has 22 heavy (non-hydrogen) atoms. The average Bonchev–Trinajstić information content (AvgIpc) is 2.46. The predicted octanol–water partition coefficient (Wildman–Crippen LogP) is -0.674. The van der Waals surface area contributed by atoms with Crippen LogP contribution < -0.4 is 10.9 Å². The number of piperazine rings is 1. The second kappa shape index (κ2) is 7.89. The molecule has 1 aromatic rings. The fourth-order valence-electron chi connectivity index (χ4n) is 2.35. The molecule has 9 heteroatoms. The summed E-state index contributed by atoms with van der Waals surface area (Å²) in [6.45, 7) is 1.06. The van der Waals surface area contributed by atoms with Gasteiger partial charge in [-0.15, -0.1) is 12.4 Å². The minimum atomic E-state index is -3.68.